The van der Waals surface area contributed by atoms with Crippen molar-refractivity contribution in [3.63, 3.8) is 0 Å². The molecule has 1 aromatic heterocycles. The van der Waals surface area contributed by atoms with Gasteiger partial charge in [0.05, 0.1) is 10.4 Å². The number of Topliss-reactive ketones (excluding diaryl/α,β-unsaturated/α-hetero) is 1. The minimum absolute atomic E-state index is 0.145. The van der Waals surface area contributed by atoms with E-state index in [0.29, 0.717) is 11.3 Å². The van der Waals surface area contributed by atoms with Crippen LogP contribution in [0.25, 0.3) is 11.1 Å². The molecule has 0 spiro atoms. The van der Waals surface area contributed by atoms with Gasteiger partial charge in [-0.25, -0.2) is 4.79 Å². The van der Waals surface area contributed by atoms with Crippen molar-refractivity contribution in [3.05, 3.63) is 68.7 Å². The second-order valence-electron chi connectivity index (χ2n) is 5.55. The van der Waals surface area contributed by atoms with Crippen LogP contribution in [0.2, 0.25) is 0 Å². The maximum absolute atomic E-state index is 12.2. The zero-order valence-corrected chi connectivity index (χ0v) is 13.6. The van der Waals surface area contributed by atoms with Crippen LogP contribution in [-0.4, -0.2) is 21.2 Å². The second-order valence-corrected chi connectivity index (χ2v) is 5.55. The quantitative estimate of drug-likeness (QED) is 0.425. The number of nitrogens with one attached hydrogen (secondary N) is 1. The highest BCUT2D eigenvalue weighted by atomic mass is 16.6. The lowest BCUT2D eigenvalue weighted by Gasteiger charge is -2.07. The monoisotopic (exact) mass is 355 g/mol. The van der Waals surface area contributed by atoms with E-state index in [9.17, 15) is 24.5 Å². The number of benzene rings is 2. The number of rotatable bonds is 5. The fourth-order valence-corrected chi connectivity index (χ4v) is 2.47. The average Bonchev–Trinajstić information content (AvgIpc) is 2.90. The lowest BCUT2D eigenvalue weighted by molar-refractivity contribution is -0.384. The first-order valence-corrected chi connectivity index (χ1v) is 7.54. The van der Waals surface area contributed by atoms with E-state index in [1.165, 1.54) is 31.2 Å². The number of nitro benzene ring substituents is 1. The van der Waals surface area contributed by atoms with Gasteiger partial charge in [-0.3, -0.25) is 24.3 Å². The molecule has 0 saturated heterocycles. The Morgan fingerprint density at radius 3 is 2.69 bits per heavy atom. The number of carbonyl (C=O) groups is 2. The number of anilines is 1. The van der Waals surface area contributed by atoms with Crippen molar-refractivity contribution in [1.82, 2.24) is 4.57 Å². The Labute approximate surface area is 146 Å². The highest BCUT2D eigenvalue weighted by molar-refractivity contribution is 5.97. The number of non-ortho nitro benzene ring substituents is 1. The molecule has 1 amide bonds. The summed E-state index contributed by atoms with van der Waals surface area (Å²) in [5, 5.41) is 13.5. The molecule has 0 unspecified atom stereocenters. The van der Waals surface area contributed by atoms with E-state index in [0.717, 1.165) is 4.57 Å². The predicted molar refractivity (Wildman–Crippen MR) is 92.2 cm³/mol. The van der Waals surface area contributed by atoms with Gasteiger partial charge in [0.15, 0.2) is 11.4 Å². The van der Waals surface area contributed by atoms with E-state index >= 15 is 0 Å². The summed E-state index contributed by atoms with van der Waals surface area (Å²) >= 11 is 0. The van der Waals surface area contributed by atoms with Gasteiger partial charge in [-0.15, -0.1) is 0 Å². The van der Waals surface area contributed by atoms with Gasteiger partial charge in [-0.2, -0.15) is 0 Å². The lowest BCUT2D eigenvalue weighted by atomic mass is 10.1. The van der Waals surface area contributed by atoms with E-state index in [2.05, 4.69) is 5.32 Å². The van der Waals surface area contributed by atoms with Gasteiger partial charge in [0.25, 0.3) is 5.69 Å². The SMILES string of the molecule is CC(=O)c1cccc(NC(=O)Cn2c(=O)oc3ccc([N+](=O)[O-])cc32)c1. The van der Waals surface area contributed by atoms with Crippen LogP contribution in [0.3, 0.4) is 0 Å². The van der Waals surface area contributed by atoms with Crippen molar-refractivity contribution in [3.8, 4) is 0 Å². The van der Waals surface area contributed by atoms with E-state index in [1.54, 1.807) is 18.2 Å². The molecule has 2 aromatic carbocycles. The van der Waals surface area contributed by atoms with Crippen LogP contribution < -0.4 is 11.1 Å². The fraction of sp³-hybridized carbons (Fsp3) is 0.118. The molecular weight excluding hydrogens is 342 g/mol. The third-order valence-electron chi connectivity index (χ3n) is 3.72. The molecule has 132 valence electrons. The molecule has 0 aliphatic rings. The summed E-state index contributed by atoms with van der Waals surface area (Å²) in [5.41, 5.74) is 0.907. The van der Waals surface area contributed by atoms with Crippen LogP contribution in [-0.2, 0) is 11.3 Å². The van der Waals surface area contributed by atoms with Gasteiger partial charge < -0.3 is 9.73 Å². The standard InChI is InChI=1S/C17H13N3O6/c1-10(21)11-3-2-4-12(7-11)18-16(22)9-19-14-8-13(20(24)25)5-6-15(14)26-17(19)23/h2-8H,9H2,1H3,(H,18,22). The minimum Gasteiger partial charge on any atom is -0.408 e. The molecule has 26 heavy (non-hydrogen) atoms. The van der Waals surface area contributed by atoms with Gasteiger partial charge in [-0.1, -0.05) is 12.1 Å². The zero-order valence-electron chi connectivity index (χ0n) is 13.6. The first-order chi connectivity index (χ1) is 12.3. The van der Waals surface area contributed by atoms with Crippen LogP contribution in [0.1, 0.15) is 17.3 Å². The number of carbonyl (C=O) groups excluding carboxylic acids is 2. The number of ketones is 1. The lowest BCUT2D eigenvalue weighted by Crippen LogP contribution is -2.24. The number of hydrogen-bond acceptors (Lipinski definition) is 6. The van der Waals surface area contributed by atoms with Crippen molar-refractivity contribution in [2.75, 3.05) is 5.32 Å². The maximum atomic E-state index is 12.2. The molecule has 0 atom stereocenters. The minimum atomic E-state index is -0.798. The highest BCUT2D eigenvalue weighted by Crippen LogP contribution is 2.20. The number of nitro groups is 1. The number of amides is 1. The molecule has 0 radical (unpaired) electrons. The van der Waals surface area contributed by atoms with Gasteiger partial charge in [0.2, 0.25) is 5.91 Å². The number of hydrogen-bond donors (Lipinski definition) is 1. The molecule has 0 bridgehead atoms. The number of fused-ring (bicyclic) bond motifs is 1. The summed E-state index contributed by atoms with van der Waals surface area (Å²) in [7, 11) is 0. The molecule has 1 N–H and O–H groups in total. The molecule has 1 heterocycles. The molecule has 0 aliphatic heterocycles. The van der Waals surface area contributed by atoms with Gasteiger partial charge >= 0.3 is 5.76 Å². The molecule has 3 aromatic rings. The van der Waals surface area contributed by atoms with Crippen molar-refractivity contribution >= 4 is 34.2 Å². The molecule has 0 fully saturated rings. The Hall–Kier alpha value is -3.75. The number of oxazole rings is 1. The van der Waals surface area contributed by atoms with Gasteiger partial charge in [-0.05, 0) is 25.1 Å². The second kappa shape index (κ2) is 6.63. The highest BCUT2D eigenvalue weighted by Gasteiger charge is 2.16. The summed E-state index contributed by atoms with van der Waals surface area (Å²) in [6.45, 7) is 1.02. The number of aromatic nitrogens is 1. The van der Waals surface area contributed by atoms with Gasteiger partial charge in [0, 0.05) is 23.4 Å². The third-order valence-corrected chi connectivity index (χ3v) is 3.72. The zero-order chi connectivity index (χ0) is 18.8. The Balaban J connectivity index is 1.87. The molecule has 0 saturated carbocycles. The van der Waals surface area contributed by atoms with E-state index in [1.807, 2.05) is 0 Å². The van der Waals surface area contributed by atoms with Crippen LogP contribution in [0.5, 0.6) is 0 Å². The Morgan fingerprint density at radius 2 is 2.00 bits per heavy atom. The summed E-state index contributed by atoms with van der Waals surface area (Å²) in [5.74, 6) is -1.49. The van der Waals surface area contributed by atoms with Crippen molar-refractivity contribution in [1.29, 1.82) is 0 Å². The summed E-state index contributed by atoms with van der Waals surface area (Å²) < 4.78 is 6.00. The van der Waals surface area contributed by atoms with Crippen LogP contribution in [0.4, 0.5) is 11.4 Å². The third kappa shape index (κ3) is 3.36. The summed E-state index contributed by atoms with van der Waals surface area (Å²) in [6.07, 6.45) is 0. The molecule has 3 rings (SSSR count). The Bertz CT molecular complexity index is 1100. The first-order valence-electron chi connectivity index (χ1n) is 7.54. The molecule has 0 aliphatic carbocycles. The Kier molecular flexibility index (Phi) is 4.36. The van der Waals surface area contributed by atoms with Crippen molar-refractivity contribution in [2.24, 2.45) is 0 Å². The Morgan fingerprint density at radius 1 is 1.23 bits per heavy atom. The molecular formula is C17H13N3O6. The van der Waals surface area contributed by atoms with Gasteiger partial charge in [0.1, 0.15) is 6.54 Å². The average molecular weight is 355 g/mol. The smallest absolute Gasteiger partial charge is 0.408 e. The first kappa shape index (κ1) is 17.1. The van der Waals surface area contributed by atoms with E-state index in [4.69, 9.17) is 4.42 Å². The predicted octanol–water partition coefficient (Wildman–Crippen LogP) is 2.34. The van der Waals surface area contributed by atoms with Crippen LogP contribution >= 0.6 is 0 Å². The molecule has 9 nitrogen and oxygen atoms in total. The number of nitrogens with zero attached hydrogens (tertiary/aromatic N) is 2. The topological polar surface area (TPSA) is 124 Å². The van der Waals surface area contributed by atoms with Crippen molar-refractivity contribution in [2.45, 2.75) is 13.5 Å². The summed E-state index contributed by atoms with van der Waals surface area (Å²) in [6, 6.07) is 10.0. The van der Waals surface area contributed by atoms with E-state index < -0.39 is 23.1 Å². The normalized spacial score (nSPS) is 10.7. The maximum Gasteiger partial charge on any atom is 0.420 e. The largest absolute Gasteiger partial charge is 0.420 e. The fourth-order valence-electron chi connectivity index (χ4n) is 2.47. The van der Waals surface area contributed by atoms with Crippen molar-refractivity contribution < 1.29 is 18.9 Å². The van der Waals surface area contributed by atoms with E-state index in [-0.39, 0.29) is 22.6 Å². The van der Waals surface area contributed by atoms with Crippen LogP contribution in [0.15, 0.2) is 51.7 Å². The summed E-state index contributed by atoms with van der Waals surface area (Å²) in [4.78, 5) is 45.9. The van der Waals surface area contributed by atoms with Crippen LogP contribution in [0, 0.1) is 10.1 Å². The molecule has 9 heteroatoms.